The molecule has 3 heteroatoms. The zero-order chi connectivity index (χ0) is 9.90. The van der Waals surface area contributed by atoms with E-state index in [4.69, 9.17) is 0 Å². The van der Waals surface area contributed by atoms with Gasteiger partial charge in [0.05, 0.1) is 7.05 Å². The van der Waals surface area contributed by atoms with Crippen LogP contribution in [0.15, 0.2) is 12.7 Å². The molecule has 0 atom stereocenters. The second kappa shape index (κ2) is 3.90. The normalized spacial score (nSPS) is 12.0. The SMILES string of the molecule is C[n+]1cnn(CCCC(C)(C)C)c1. The number of hydrogen-bond donors (Lipinski definition) is 0. The Bertz CT molecular complexity index is 257. The number of hydrogen-bond acceptors (Lipinski definition) is 1. The molecule has 0 aliphatic rings. The molecule has 1 heterocycles. The van der Waals surface area contributed by atoms with Gasteiger partial charge in [0.15, 0.2) is 0 Å². The van der Waals surface area contributed by atoms with E-state index < -0.39 is 0 Å². The summed E-state index contributed by atoms with van der Waals surface area (Å²) >= 11 is 0. The minimum absolute atomic E-state index is 0.440. The molecule has 1 aromatic rings. The van der Waals surface area contributed by atoms with Gasteiger partial charge in [-0.1, -0.05) is 20.8 Å². The van der Waals surface area contributed by atoms with Gasteiger partial charge in [-0.05, 0) is 18.3 Å². The molecule has 0 amide bonds. The summed E-state index contributed by atoms with van der Waals surface area (Å²) in [7, 11) is 1.99. The van der Waals surface area contributed by atoms with Crippen molar-refractivity contribution in [1.29, 1.82) is 0 Å². The summed E-state index contributed by atoms with van der Waals surface area (Å²) in [5.74, 6) is 0. The van der Waals surface area contributed by atoms with Gasteiger partial charge >= 0.3 is 0 Å². The van der Waals surface area contributed by atoms with Gasteiger partial charge in [-0.15, -0.1) is 4.68 Å². The molecule has 0 unspecified atom stereocenters. The van der Waals surface area contributed by atoms with E-state index >= 15 is 0 Å². The Labute approximate surface area is 80.4 Å². The van der Waals surface area contributed by atoms with Crippen LogP contribution < -0.4 is 4.57 Å². The molecule has 1 aromatic heterocycles. The number of nitrogens with zero attached hydrogens (tertiary/aromatic N) is 3. The summed E-state index contributed by atoms with van der Waals surface area (Å²) in [6.07, 6.45) is 6.29. The lowest BCUT2D eigenvalue weighted by atomic mass is 9.91. The molecule has 74 valence electrons. The Balaban J connectivity index is 2.28. The summed E-state index contributed by atoms with van der Waals surface area (Å²) in [5.41, 5.74) is 0.440. The van der Waals surface area contributed by atoms with Crippen LogP contribution in [0.1, 0.15) is 33.6 Å². The molecule has 0 aliphatic heterocycles. The van der Waals surface area contributed by atoms with Crippen molar-refractivity contribution < 1.29 is 4.57 Å². The standard InChI is InChI=1S/C10H20N3/c1-10(2,3)6-5-7-13-9-12(4)8-11-13/h8-9H,5-7H2,1-4H3/q+1. The van der Waals surface area contributed by atoms with Gasteiger partial charge in [0.1, 0.15) is 6.54 Å². The van der Waals surface area contributed by atoms with Crippen LogP contribution in [0, 0.1) is 5.41 Å². The lowest BCUT2D eigenvalue weighted by Gasteiger charge is -2.16. The highest BCUT2D eigenvalue weighted by Crippen LogP contribution is 2.20. The van der Waals surface area contributed by atoms with Gasteiger partial charge in [0.2, 0.25) is 6.33 Å². The van der Waals surface area contributed by atoms with Crippen LogP contribution in [0.3, 0.4) is 0 Å². The molecule has 0 aliphatic carbocycles. The first kappa shape index (κ1) is 10.2. The van der Waals surface area contributed by atoms with E-state index in [2.05, 4.69) is 25.9 Å². The third-order valence-corrected chi connectivity index (χ3v) is 2.01. The fourth-order valence-corrected chi connectivity index (χ4v) is 1.30. The van der Waals surface area contributed by atoms with Crippen LogP contribution in [0.5, 0.6) is 0 Å². The van der Waals surface area contributed by atoms with Crippen LogP contribution in [0.4, 0.5) is 0 Å². The Morgan fingerprint density at radius 2 is 2.08 bits per heavy atom. The average molecular weight is 182 g/mol. The maximum atomic E-state index is 4.21. The predicted octanol–water partition coefficient (Wildman–Crippen LogP) is 1.53. The molecule has 0 fully saturated rings. The molecule has 0 bridgehead atoms. The molecule has 0 N–H and O–H groups in total. The first-order chi connectivity index (χ1) is 5.97. The van der Waals surface area contributed by atoms with Crippen molar-refractivity contribution >= 4 is 0 Å². The fourth-order valence-electron chi connectivity index (χ4n) is 1.30. The molecule has 0 saturated heterocycles. The predicted molar refractivity (Wildman–Crippen MR) is 52.1 cm³/mol. The van der Waals surface area contributed by atoms with Gasteiger partial charge in [0.25, 0.3) is 6.33 Å². The van der Waals surface area contributed by atoms with E-state index in [1.807, 2.05) is 29.0 Å². The van der Waals surface area contributed by atoms with E-state index in [-0.39, 0.29) is 0 Å². The molecule has 0 saturated carbocycles. The Kier molecular flexibility index (Phi) is 3.07. The van der Waals surface area contributed by atoms with Crippen LogP contribution in [-0.2, 0) is 13.6 Å². The Morgan fingerprint density at radius 1 is 1.38 bits per heavy atom. The Hall–Kier alpha value is -0.860. The van der Waals surface area contributed by atoms with Gasteiger partial charge in [-0.2, -0.15) is 0 Å². The van der Waals surface area contributed by atoms with Gasteiger partial charge in [0, 0.05) is 5.10 Å². The quantitative estimate of drug-likeness (QED) is 0.650. The smallest absolute Gasteiger partial charge is 0.240 e. The summed E-state index contributed by atoms with van der Waals surface area (Å²) in [6, 6.07) is 0. The van der Waals surface area contributed by atoms with Crippen molar-refractivity contribution in [2.45, 2.75) is 40.2 Å². The highest BCUT2D eigenvalue weighted by Gasteiger charge is 2.10. The van der Waals surface area contributed by atoms with E-state index in [9.17, 15) is 0 Å². The zero-order valence-electron chi connectivity index (χ0n) is 9.12. The third-order valence-electron chi connectivity index (χ3n) is 2.01. The summed E-state index contributed by atoms with van der Waals surface area (Å²) in [4.78, 5) is 0. The minimum atomic E-state index is 0.440. The monoisotopic (exact) mass is 182 g/mol. The van der Waals surface area contributed by atoms with E-state index in [0.717, 1.165) is 6.54 Å². The van der Waals surface area contributed by atoms with E-state index in [1.54, 1.807) is 0 Å². The van der Waals surface area contributed by atoms with Crippen LogP contribution >= 0.6 is 0 Å². The lowest BCUT2D eigenvalue weighted by molar-refractivity contribution is -0.672. The van der Waals surface area contributed by atoms with Crippen molar-refractivity contribution in [1.82, 2.24) is 9.78 Å². The van der Waals surface area contributed by atoms with Crippen LogP contribution in [0.25, 0.3) is 0 Å². The highest BCUT2D eigenvalue weighted by atomic mass is 15.3. The third kappa shape index (κ3) is 4.06. The molecule has 0 aromatic carbocycles. The highest BCUT2D eigenvalue weighted by molar-refractivity contribution is 4.61. The molecule has 1 rings (SSSR count). The van der Waals surface area contributed by atoms with Crippen molar-refractivity contribution in [3.8, 4) is 0 Å². The zero-order valence-corrected chi connectivity index (χ0v) is 9.12. The van der Waals surface area contributed by atoms with Crippen LogP contribution in [-0.4, -0.2) is 9.78 Å². The van der Waals surface area contributed by atoms with Crippen molar-refractivity contribution in [3.05, 3.63) is 12.7 Å². The number of rotatable bonds is 3. The maximum absolute atomic E-state index is 4.21. The topological polar surface area (TPSA) is 21.7 Å². The molecule has 13 heavy (non-hydrogen) atoms. The minimum Gasteiger partial charge on any atom is -0.240 e. The van der Waals surface area contributed by atoms with Crippen molar-refractivity contribution in [3.63, 3.8) is 0 Å². The largest absolute Gasteiger partial charge is 0.264 e. The second-order valence-electron chi connectivity index (χ2n) is 4.84. The Morgan fingerprint density at radius 3 is 2.54 bits per heavy atom. The van der Waals surface area contributed by atoms with Crippen molar-refractivity contribution in [2.75, 3.05) is 0 Å². The molecule has 3 nitrogen and oxygen atoms in total. The summed E-state index contributed by atoms with van der Waals surface area (Å²) < 4.78 is 3.96. The van der Waals surface area contributed by atoms with Crippen LogP contribution in [0.2, 0.25) is 0 Å². The molecular weight excluding hydrogens is 162 g/mol. The van der Waals surface area contributed by atoms with E-state index in [1.165, 1.54) is 12.8 Å². The second-order valence-corrected chi connectivity index (χ2v) is 4.84. The van der Waals surface area contributed by atoms with Gasteiger partial charge in [-0.3, -0.25) is 0 Å². The van der Waals surface area contributed by atoms with E-state index in [0.29, 0.717) is 5.41 Å². The average Bonchev–Trinajstić information content (AvgIpc) is 2.33. The summed E-state index contributed by atoms with van der Waals surface area (Å²) in [5, 5.41) is 4.21. The van der Waals surface area contributed by atoms with Gasteiger partial charge < -0.3 is 0 Å². The first-order valence-corrected chi connectivity index (χ1v) is 4.85. The first-order valence-electron chi connectivity index (χ1n) is 4.85. The molecule has 0 radical (unpaired) electrons. The van der Waals surface area contributed by atoms with Gasteiger partial charge in [-0.25, -0.2) is 4.57 Å². The maximum Gasteiger partial charge on any atom is 0.264 e. The fraction of sp³-hybridized carbons (Fsp3) is 0.800. The molecule has 0 spiro atoms. The number of aryl methyl sites for hydroxylation is 2. The van der Waals surface area contributed by atoms with Crippen molar-refractivity contribution in [2.24, 2.45) is 12.5 Å². The molecular formula is C10H20N3+. The lowest BCUT2D eigenvalue weighted by Crippen LogP contribution is -2.23. The summed E-state index contributed by atoms with van der Waals surface area (Å²) in [6.45, 7) is 7.85. The number of aromatic nitrogens is 3.